The minimum atomic E-state index is -0.582. The molecule has 0 spiro atoms. The van der Waals surface area contributed by atoms with Crippen LogP contribution in [-0.4, -0.2) is 17.3 Å². The third kappa shape index (κ3) is 2.70. The zero-order valence-electron chi connectivity index (χ0n) is 12.2. The van der Waals surface area contributed by atoms with E-state index >= 15 is 0 Å². The number of hydrogen-bond acceptors (Lipinski definition) is 2. The van der Waals surface area contributed by atoms with Crippen molar-refractivity contribution in [2.24, 2.45) is 11.1 Å². The molecule has 1 aromatic carbocycles. The molecule has 3 N–H and O–H groups in total. The zero-order chi connectivity index (χ0) is 13.9. The number of aliphatic hydroxyl groups is 1. The first-order valence-corrected chi connectivity index (χ1v) is 7.52. The van der Waals surface area contributed by atoms with Crippen LogP contribution in [0.3, 0.4) is 0 Å². The summed E-state index contributed by atoms with van der Waals surface area (Å²) in [6, 6.07) is 10.7. The molecule has 0 saturated heterocycles. The van der Waals surface area contributed by atoms with Crippen LogP contribution in [0.5, 0.6) is 0 Å². The number of benzene rings is 1. The van der Waals surface area contributed by atoms with Gasteiger partial charge >= 0.3 is 0 Å². The lowest BCUT2D eigenvalue weighted by Gasteiger charge is -2.48. The van der Waals surface area contributed by atoms with Crippen LogP contribution in [0.25, 0.3) is 0 Å². The molecule has 0 bridgehead atoms. The summed E-state index contributed by atoms with van der Waals surface area (Å²) >= 11 is 0. The number of rotatable bonds is 4. The van der Waals surface area contributed by atoms with E-state index in [1.165, 1.54) is 5.56 Å². The second kappa shape index (κ2) is 5.64. The van der Waals surface area contributed by atoms with Crippen molar-refractivity contribution in [1.29, 1.82) is 0 Å². The lowest BCUT2D eigenvalue weighted by atomic mass is 9.62. The Morgan fingerprint density at radius 2 is 1.84 bits per heavy atom. The summed E-state index contributed by atoms with van der Waals surface area (Å²) in [6.07, 6.45) is 4.81. The van der Waals surface area contributed by atoms with Gasteiger partial charge in [-0.3, -0.25) is 0 Å². The molecule has 1 aliphatic carbocycles. The predicted octanol–water partition coefficient (Wildman–Crippen LogP) is 3.45. The second-order valence-electron chi connectivity index (χ2n) is 6.33. The average Bonchev–Trinajstić information content (AvgIpc) is 2.48. The van der Waals surface area contributed by atoms with E-state index in [1.807, 2.05) is 0 Å². The maximum atomic E-state index is 11.0. The molecule has 0 heterocycles. The Morgan fingerprint density at radius 3 is 2.32 bits per heavy atom. The average molecular weight is 261 g/mol. The lowest BCUT2D eigenvalue weighted by Crippen LogP contribution is -2.52. The van der Waals surface area contributed by atoms with Crippen molar-refractivity contribution in [3.05, 3.63) is 35.9 Å². The van der Waals surface area contributed by atoms with E-state index in [2.05, 4.69) is 44.2 Å². The monoisotopic (exact) mass is 261 g/mol. The molecule has 106 valence electrons. The Labute approximate surface area is 117 Å². The summed E-state index contributed by atoms with van der Waals surface area (Å²) < 4.78 is 0. The van der Waals surface area contributed by atoms with Gasteiger partial charge in [0.05, 0.1) is 5.60 Å². The van der Waals surface area contributed by atoms with Gasteiger partial charge in [-0.25, -0.2) is 0 Å². The summed E-state index contributed by atoms with van der Waals surface area (Å²) in [5.41, 5.74) is 6.61. The summed E-state index contributed by atoms with van der Waals surface area (Å²) in [4.78, 5) is 0. The van der Waals surface area contributed by atoms with Gasteiger partial charge in [0.15, 0.2) is 0 Å². The molecule has 0 amide bonds. The van der Waals surface area contributed by atoms with Crippen LogP contribution in [0.4, 0.5) is 0 Å². The van der Waals surface area contributed by atoms with Crippen LogP contribution in [-0.2, 0) is 0 Å². The molecule has 1 aromatic rings. The van der Waals surface area contributed by atoms with E-state index < -0.39 is 5.60 Å². The van der Waals surface area contributed by atoms with Crippen molar-refractivity contribution in [3.63, 3.8) is 0 Å². The van der Waals surface area contributed by atoms with Crippen LogP contribution in [0.2, 0.25) is 0 Å². The van der Waals surface area contributed by atoms with Gasteiger partial charge in [-0.05, 0) is 43.6 Å². The maximum Gasteiger partial charge on any atom is 0.0713 e. The fraction of sp³-hybridized carbons (Fsp3) is 0.647. The first kappa shape index (κ1) is 14.5. The highest BCUT2D eigenvalue weighted by Gasteiger charge is 2.46. The number of hydrogen-bond donors (Lipinski definition) is 2. The molecular formula is C17H27NO. The molecule has 1 fully saturated rings. The molecular weight excluding hydrogens is 234 g/mol. The quantitative estimate of drug-likeness (QED) is 0.872. The molecule has 1 saturated carbocycles. The van der Waals surface area contributed by atoms with Gasteiger partial charge in [-0.1, -0.05) is 44.2 Å². The molecule has 1 atom stereocenters. The van der Waals surface area contributed by atoms with Gasteiger partial charge in [0.25, 0.3) is 0 Å². The summed E-state index contributed by atoms with van der Waals surface area (Å²) in [5, 5.41) is 11.0. The maximum absolute atomic E-state index is 11.0. The molecule has 2 heteroatoms. The highest BCUT2D eigenvalue weighted by atomic mass is 16.3. The predicted molar refractivity (Wildman–Crippen MR) is 80.1 cm³/mol. The minimum Gasteiger partial charge on any atom is -0.389 e. The van der Waals surface area contributed by atoms with Gasteiger partial charge in [0, 0.05) is 12.0 Å². The van der Waals surface area contributed by atoms with Gasteiger partial charge in [0.1, 0.15) is 0 Å². The molecule has 0 aromatic heterocycles. The molecule has 0 radical (unpaired) electrons. The van der Waals surface area contributed by atoms with E-state index in [4.69, 9.17) is 5.73 Å². The standard InChI is InChI=1S/C17H27NO/c1-3-16(2,13-18)17(19)11-9-15(10-12-17)14-7-5-4-6-8-14/h4-8,15,19H,3,9-13,18H2,1-2H3. The van der Waals surface area contributed by atoms with E-state index in [-0.39, 0.29) is 5.41 Å². The Kier molecular flexibility index (Phi) is 4.32. The molecule has 2 rings (SSSR count). The summed E-state index contributed by atoms with van der Waals surface area (Å²) in [6.45, 7) is 4.83. The van der Waals surface area contributed by atoms with E-state index in [9.17, 15) is 5.11 Å². The molecule has 1 aliphatic rings. The molecule has 19 heavy (non-hydrogen) atoms. The Morgan fingerprint density at radius 1 is 1.26 bits per heavy atom. The van der Waals surface area contributed by atoms with Gasteiger partial charge in [-0.15, -0.1) is 0 Å². The largest absolute Gasteiger partial charge is 0.389 e. The van der Waals surface area contributed by atoms with Gasteiger partial charge in [0.2, 0.25) is 0 Å². The highest BCUT2D eigenvalue weighted by molar-refractivity contribution is 5.20. The van der Waals surface area contributed by atoms with E-state index in [0.717, 1.165) is 32.1 Å². The van der Waals surface area contributed by atoms with Crippen molar-refractivity contribution in [1.82, 2.24) is 0 Å². The summed E-state index contributed by atoms with van der Waals surface area (Å²) in [5.74, 6) is 0.598. The second-order valence-corrected chi connectivity index (χ2v) is 6.33. The fourth-order valence-corrected chi connectivity index (χ4v) is 3.42. The van der Waals surface area contributed by atoms with Crippen molar-refractivity contribution < 1.29 is 5.11 Å². The molecule has 2 nitrogen and oxygen atoms in total. The Balaban J connectivity index is 2.06. The van der Waals surface area contributed by atoms with Crippen LogP contribution < -0.4 is 5.73 Å². The first-order chi connectivity index (χ1) is 9.04. The topological polar surface area (TPSA) is 46.2 Å². The van der Waals surface area contributed by atoms with Crippen molar-refractivity contribution in [2.75, 3.05) is 6.54 Å². The van der Waals surface area contributed by atoms with Crippen molar-refractivity contribution in [2.45, 2.75) is 57.5 Å². The zero-order valence-corrected chi connectivity index (χ0v) is 12.2. The van der Waals surface area contributed by atoms with E-state index in [0.29, 0.717) is 12.5 Å². The third-order valence-corrected chi connectivity index (χ3v) is 5.44. The summed E-state index contributed by atoms with van der Waals surface area (Å²) in [7, 11) is 0. The lowest BCUT2D eigenvalue weighted by molar-refractivity contribution is -0.102. The van der Waals surface area contributed by atoms with Crippen LogP contribution in [0.1, 0.15) is 57.4 Å². The van der Waals surface area contributed by atoms with Crippen LogP contribution >= 0.6 is 0 Å². The SMILES string of the molecule is CCC(C)(CN)C1(O)CCC(c2ccccc2)CC1. The normalized spacial score (nSPS) is 30.8. The van der Waals surface area contributed by atoms with Gasteiger partial charge < -0.3 is 10.8 Å². The van der Waals surface area contributed by atoms with E-state index in [1.54, 1.807) is 0 Å². The number of nitrogens with two attached hydrogens (primary N) is 1. The molecule has 1 unspecified atom stereocenters. The third-order valence-electron chi connectivity index (χ3n) is 5.44. The smallest absolute Gasteiger partial charge is 0.0713 e. The van der Waals surface area contributed by atoms with Crippen LogP contribution in [0, 0.1) is 5.41 Å². The van der Waals surface area contributed by atoms with Crippen molar-refractivity contribution in [3.8, 4) is 0 Å². The Hall–Kier alpha value is -0.860. The van der Waals surface area contributed by atoms with Crippen LogP contribution in [0.15, 0.2) is 30.3 Å². The molecule has 0 aliphatic heterocycles. The van der Waals surface area contributed by atoms with Gasteiger partial charge in [-0.2, -0.15) is 0 Å². The first-order valence-electron chi connectivity index (χ1n) is 7.52. The minimum absolute atomic E-state index is 0.144. The fourth-order valence-electron chi connectivity index (χ4n) is 3.42. The highest BCUT2D eigenvalue weighted by Crippen LogP contribution is 2.47. The Bertz CT molecular complexity index is 389. The van der Waals surface area contributed by atoms with Crippen molar-refractivity contribution >= 4 is 0 Å².